The molecule has 0 aromatic heterocycles. The van der Waals surface area contributed by atoms with Crippen LogP contribution in [-0.4, -0.2) is 55.2 Å². The molecule has 2 rings (SSSR count). The Morgan fingerprint density at radius 1 is 1.48 bits per heavy atom. The van der Waals surface area contributed by atoms with Gasteiger partial charge in [-0.25, -0.2) is 13.2 Å². The molecule has 1 atom stereocenters. The van der Waals surface area contributed by atoms with E-state index < -0.39 is 22.0 Å². The third-order valence-electron chi connectivity index (χ3n) is 3.51. The molecule has 116 valence electrons. The van der Waals surface area contributed by atoms with Crippen LogP contribution in [0.15, 0.2) is 23.1 Å². The van der Waals surface area contributed by atoms with Gasteiger partial charge in [-0.3, -0.25) is 0 Å². The zero-order valence-electron chi connectivity index (χ0n) is 11.5. The van der Waals surface area contributed by atoms with Gasteiger partial charge in [-0.05, 0) is 31.0 Å². The van der Waals surface area contributed by atoms with Crippen molar-refractivity contribution in [1.82, 2.24) is 4.31 Å². The molecule has 0 bridgehead atoms. The van der Waals surface area contributed by atoms with E-state index in [0.29, 0.717) is 19.4 Å². The molecule has 21 heavy (non-hydrogen) atoms. The smallest absolute Gasteiger partial charge is 0.341 e. The first kappa shape index (κ1) is 15.7. The molecule has 0 saturated carbocycles. The number of phenolic OH excluding ortho intramolecular Hbond substituents is 1. The summed E-state index contributed by atoms with van der Waals surface area (Å²) in [6, 6.07) is 3.00. The summed E-state index contributed by atoms with van der Waals surface area (Å²) in [7, 11) is -2.68. The molecule has 1 aliphatic heterocycles. The number of carbonyl (C=O) groups excluding carboxylic acids is 1. The molecule has 0 aliphatic carbocycles. The number of rotatable bonds is 4. The summed E-state index contributed by atoms with van der Waals surface area (Å²) in [5, 5.41) is 18.9. The van der Waals surface area contributed by atoms with Crippen LogP contribution in [0.4, 0.5) is 0 Å². The Morgan fingerprint density at radius 2 is 2.19 bits per heavy atom. The van der Waals surface area contributed by atoms with Crippen LogP contribution in [0.1, 0.15) is 23.2 Å². The molecule has 8 heteroatoms. The third kappa shape index (κ3) is 2.87. The molecular weight excluding hydrogens is 298 g/mol. The Balaban J connectivity index is 2.43. The number of carbonyl (C=O) groups is 1. The van der Waals surface area contributed by atoms with E-state index in [-0.39, 0.29) is 22.8 Å². The first-order valence-corrected chi connectivity index (χ1v) is 7.90. The lowest BCUT2D eigenvalue weighted by Gasteiger charge is -2.22. The van der Waals surface area contributed by atoms with Crippen molar-refractivity contribution in [2.24, 2.45) is 0 Å². The molecule has 1 aromatic rings. The van der Waals surface area contributed by atoms with Crippen molar-refractivity contribution in [3.63, 3.8) is 0 Å². The highest BCUT2D eigenvalue weighted by Crippen LogP contribution is 2.28. The van der Waals surface area contributed by atoms with Gasteiger partial charge in [-0.2, -0.15) is 4.31 Å². The van der Waals surface area contributed by atoms with Crippen molar-refractivity contribution in [2.75, 3.05) is 20.3 Å². The minimum atomic E-state index is -3.83. The number of sulfonamides is 1. The molecule has 2 N–H and O–H groups in total. The minimum absolute atomic E-state index is 0.110. The molecule has 1 heterocycles. The Morgan fingerprint density at radius 3 is 2.81 bits per heavy atom. The van der Waals surface area contributed by atoms with E-state index in [0.717, 1.165) is 19.2 Å². The number of nitrogens with zero attached hydrogens (tertiary/aromatic N) is 1. The second-order valence-electron chi connectivity index (χ2n) is 4.76. The summed E-state index contributed by atoms with van der Waals surface area (Å²) in [5.74, 6) is -1.16. The number of aromatic hydroxyl groups is 1. The summed E-state index contributed by atoms with van der Waals surface area (Å²) in [5.41, 5.74) is -0.210. The van der Waals surface area contributed by atoms with Crippen LogP contribution < -0.4 is 0 Å². The van der Waals surface area contributed by atoms with E-state index in [9.17, 15) is 23.4 Å². The lowest BCUT2D eigenvalue weighted by Crippen LogP contribution is -2.37. The average molecular weight is 315 g/mol. The standard InChI is InChI=1S/C13H17NO6S/c1-20-13(17)11-7-10(4-5-12(11)16)21(18,19)14-6-2-3-9(14)8-15/h4-5,7,9,15-16H,2-3,6,8H2,1H3. The van der Waals surface area contributed by atoms with E-state index >= 15 is 0 Å². The molecule has 1 fully saturated rings. The van der Waals surface area contributed by atoms with Gasteiger partial charge in [0, 0.05) is 12.6 Å². The number of ether oxygens (including phenoxy) is 1. The lowest BCUT2D eigenvalue weighted by atomic mass is 10.2. The Kier molecular flexibility index (Phi) is 4.50. The summed E-state index contributed by atoms with van der Waals surface area (Å²) in [6.45, 7) is 0.0726. The number of hydrogen-bond donors (Lipinski definition) is 2. The van der Waals surface area contributed by atoms with E-state index in [2.05, 4.69) is 4.74 Å². The van der Waals surface area contributed by atoms with Crippen LogP contribution >= 0.6 is 0 Å². The molecule has 1 aliphatic rings. The van der Waals surface area contributed by atoms with Crippen LogP contribution in [0, 0.1) is 0 Å². The number of aliphatic hydroxyl groups excluding tert-OH is 1. The first-order valence-electron chi connectivity index (χ1n) is 6.46. The SMILES string of the molecule is COC(=O)c1cc(S(=O)(=O)N2CCCC2CO)ccc1O. The molecule has 1 saturated heterocycles. The molecule has 0 spiro atoms. The highest BCUT2D eigenvalue weighted by atomic mass is 32.2. The van der Waals surface area contributed by atoms with Gasteiger partial charge in [0.25, 0.3) is 0 Å². The maximum absolute atomic E-state index is 12.6. The van der Waals surface area contributed by atoms with Crippen LogP contribution in [0.25, 0.3) is 0 Å². The number of benzene rings is 1. The third-order valence-corrected chi connectivity index (χ3v) is 5.46. The number of phenols is 1. The average Bonchev–Trinajstić information content (AvgIpc) is 2.96. The summed E-state index contributed by atoms with van der Waals surface area (Å²) >= 11 is 0. The van der Waals surface area contributed by atoms with Crippen molar-refractivity contribution in [3.8, 4) is 5.75 Å². The molecule has 0 radical (unpaired) electrons. The zero-order chi connectivity index (χ0) is 15.6. The van der Waals surface area contributed by atoms with Crippen molar-refractivity contribution >= 4 is 16.0 Å². The molecule has 1 unspecified atom stereocenters. The van der Waals surface area contributed by atoms with Crippen molar-refractivity contribution in [3.05, 3.63) is 23.8 Å². The molecular formula is C13H17NO6S. The Hall–Kier alpha value is -1.64. The molecule has 0 amide bonds. The van der Waals surface area contributed by atoms with Crippen molar-refractivity contribution in [1.29, 1.82) is 0 Å². The predicted molar refractivity (Wildman–Crippen MR) is 73.4 cm³/mol. The van der Waals surface area contributed by atoms with Gasteiger partial charge >= 0.3 is 5.97 Å². The van der Waals surface area contributed by atoms with Gasteiger partial charge in [0.05, 0.1) is 18.6 Å². The lowest BCUT2D eigenvalue weighted by molar-refractivity contribution is 0.0597. The highest BCUT2D eigenvalue weighted by Gasteiger charge is 2.35. The zero-order valence-corrected chi connectivity index (χ0v) is 12.3. The van der Waals surface area contributed by atoms with Gasteiger partial charge in [-0.1, -0.05) is 0 Å². The second-order valence-corrected chi connectivity index (χ2v) is 6.66. The quantitative estimate of drug-likeness (QED) is 0.776. The van der Waals surface area contributed by atoms with Crippen molar-refractivity contribution < 1.29 is 28.2 Å². The van der Waals surface area contributed by atoms with E-state index in [1.807, 2.05) is 0 Å². The van der Waals surface area contributed by atoms with Crippen LogP contribution in [0.5, 0.6) is 5.75 Å². The number of methoxy groups -OCH3 is 1. The van der Waals surface area contributed by atoms with E-state index in [1.54, 1.807) is 0 Å². The summed E-state index contributed by atoms with van der Waals surface area (Å²) < 4.78 is 30.8. The van der Waals surface area contributed by atoms with Gasteiger partial charge in [0.2, 0.25) is 10.0 Å². The number of hydrogen-bond acceptors (Lipinski definition) is 6. The van der Waals surface area contributed by atoms with Gasteiger partial charge in [0.1, 0.15) is 11.3 Å². The number of aliphatic hydroxyl groups is 1. The maximum atomic E-state index is 12.6. The second kappa shape index (κ2) is 6.00. The minimum Gasteiger partial charge on any atom is -0.507 e. The first-order chi connectivity index (χ1) is 9.91. The highest BCUT2D eigenvalue weighted by molar-refractivity contribution is 7.89. The van der Waals surface area contributed by atoms with Gasteiger partial charge in [-0.15, -0.1) is 0 Å². The van der Waals surface area contributed by atoms with E-state index in [1.165, 1.54) is 10.4 Å². The van der Waals surface area contributed by atoms with Crippen LogP contribution in [-0.2, 0) is 14.8 Å². The van der Waals surface area contributed by atoms with Gasteiger partial charge in [0.15, 0.2) is 0 Å². The summed E-state index contributed by atoms with van der Waals surface area (Å²) in [6.07, 6.45) is 1.27. The van der Waals surface area contributed by atoms with Gasteiger partial charge < -0.3 is 14.9 Å². The Labute approximate surface area is 122 Å². The topological polar surface area (TPSA) is 104 Å². The van der Waals surface area contributed by atoms with Crippen LogP contribution in [0.2, 0.25) is 0 Å². The van der Waals surface area contributed by atoms with E-state index in [4.69, 9.17) is 0 Å². The monoisotopic (exact) mass is 315 g/mol. The molecule has 1 aromatic carbocycles. The molecule has 7 nitrogen and oxygen atoms in total. The predicted octanol–water partition coefficient (Wildman–Crippen LogP) is 0.324. The summed E-state index contributed by atoms with van der Waals surface area (Å²) in [4.78, 5) is 11.4. The van der Waals surface area contributed by atoms with Crippen LogP contribution in [0.3, 0.4) is 0 Å². The normalized spacial score (nSPS) is 19.6. The number of esters is 1. The Bertz CT molecular complexity index is 642. The van der Waals surface area contributed by atoms with Crippen molar-refractivity contribution in [2.45, 2.75) is 23.8 Å². The largest absolute Gasteiger partial charge is 0.507 e. The fraction of sp³-hybridized carbons (Fsp3) is 0.462. The fourth-order valence-corrected chi connectivity index (χ4v) is 4.10. The maximum Gasteiger partial charge on any atom is 0.341 e. The fourth-order valence-electron chi connectivity index (χ4n) is 2.39.